The van der Waals surface area contributed by atoms with Crippen molar-refractivity contribution in [1.29, 1.82) is 0 Å². The van der Waals surface area contributed by atoms with Crippen molar-refractivity contribution in [3.05, 3.63) is 24.3 Å². The number of ether oxygens (including phenoxy) is 1. The molecule has 0 heterocycles. The van der Waals surface area contributed by atoms with Crippen LogP contribution in [0.5, 0.6) is 5.75 Å². The molecule has 5 heteroatoms. The lowest BCUT2D eigenvalue weighted by atomic mass is 9.80. The van der Waals surface area contributed by atoms with E-state index in [2.05, 4.69) is 0 Å². The van der Waals surface area contributed by atoms with E-state index in [0.29, 0.717) is 12.5 Å². The van der Waals surface area contributed by atoms with Crippen LogP contribution in [0.1, 0.15) is 20.3 Å². The van der Waals surface area contributed by atoms with Crippen LogP contribution in [0.4, 0.5) is 12.9 Å². The molecule has 0 aliphatic heterocycles. The Morgan fingerprint density at radius 3 is 2.56 bits per heavy atom. The first kappa shape index (κ1) is 12.9. The quantitative estimate of drug-likeness (QED) is 0.707. The molecule has 1 nitrogen and oxygen atoms in total. The second-order valence-electron chi connectivity index (χ2n) is 3.97. The fraction of sp³-hybridized carbons (Fsp3) is 0.455. The molecular formula is C11H15BF3O-. The minimum atomic E-state index is -4.94. The number of benzene rings is 1. The van der Waals surface area contributed by atoms with Gasteiger partial charge in [0.2, 0.25) is 0 Å². The molecule has 16 heavy (non-hydrogen) atoms. The first-order valence-corrected chi connectivity index (χ1v) is 5.36. The van der Waals surface area contributed by atoms with E-state index in [4.69, 9.17) is 4.74 Å². The molecule has 0 aromatic heterocycles. The number of hydrogen-bond donors (Lipinski definition) is 0. The molecule has 0 amide bonds. The van der Waals surface area contributed by atoms with Gasteiger partial charge in [0.15, 0.2) is 0 Å². The molecule has 1 unspecified atom stereocenters. The molecule has 0 fully saturated rings. The van der Waals surface area contributed by atoms with Crippen LogP contribution in [0, 0.1) is 5.92 Å². The topological polar surface area (TPSA) is 9.23 Å². The van der Waals surface area contributed by atoms with Gasteiger partial charge in [-0.15, -0.1) is 5.46 Å². The standard InChI is InChI=1S/C11H15BF3O/c1-3-9(2)8-16-11-6-4-5-10(7-11)12(13,14)15/h4-7,9H,3,8H2,1-2H3/q-1. The lowest BCUT2D eigenvalue weighted by Crippen LogP contribution is -2.33. The van der Waals surface area contributed by atoms with Gasteiger partial charge in [0.1, 0.15) is 5.75 Å². The van der Waals surface area contributed by atoms with Gasteiger partial charge in [-0.1, -0.05) is 32.4 Å². The minimum Gasteiger partial charge on any atom is -0.493 e. The molecule has 0 saturated heterocycles. The van der Waals surface area contributed by atoms with Gasteiger partial charge in [-0.25, -0.2) is 0 Å². The van der Waals surface area contributed by atoms with Crippen LogP contribution in [0.2, 0.25) is 0 Å². The van der Waals surface area contributed by atoms with E-state index in [0.717, 1.165) is 18.6 Å². The second-order valence-corrected chi connectivity index (χ2v) is 3.97. The maximum atomic E-state index is 12.4. The molecule has 1 aromatic carbocycles. The van der Waals surface area contributed by atoms with Crippen molar-refractivity contribution in [3.63, 3.8) is 0 Å². The summed E-state index contributed by atoms with van der Waals surface area (Å²) in [4.78, 5) is 0. The van der Waals surface area contributed by atoms with Gasteiger partial charge in [-0.2, -0.15) is 0 Å². The maximum absolute atomic E-state index is 12.4. The summed E-state index contributed by atoms with van der Waals surface area (Å²) in [6.45, 7) is -0.476. The van der Waals surface area contributed by atoms with Gasteiger partial charge >= 0.3 is 6.98 Å². The Balaban J connectivity index is 2.68. The molecule has 90 valence electrons. The average Bonchev–Trinajstić information content (AvgIpc) is 2.25. The summed E-state index contributed by atoms with van der Waals surface area (Å²) in [5.74, 6) is 0.636. The van der Waals surface area contributed by atoms with Crippen molar-refractivity contribution in [3.8, 4) is 5.75 Å². The smallest absolute Gasteiger partial charge is 0.493 e. The molecule has 1 atom stereocenters. The molecule has 0 saturated carbocycles. The molecule has 0 spiro atoms. The normalized spacial score (nSPS) is 13.6. The third-order valence-corrected chi connectivity index (χ3v) is 2.47. The van der Waals surface area contributed by atoms with Gasteiger partial charge in [0, 0.05) is 0 Å². The lowest BCUT2D eigenvalue weighted by Gasteiger charge is -2.17. The van der Waals surface area contributed by atoms with Crippen LogP contribution in [0.15, 0.2) is 24.3 Å². The first-order valence-electron chi connectivity index (χ1n) is 5.36. The fourth-order valence-corrected chi connectivity index (χ4v) is 1.16. The Hall–Kier alpha value is -1.13. The fourth-order valence-electron chi connectivity index (χ4n) is 1.16. The van der Waals surface area contributed by atoms with E-state index < -0.39 is 12.4 Å². The van der Waals surface area contributed by atoms with Crippen molar-refractivity contribution in [2.24, 2.45) is 5.92 Å². The van der Waals surface area contributed by atoms with Crippen LogP contribution < -0.4 is 10.2 Å². The highest BCUT2D eigenvalue weighted by Gasteiger charge is 2.25. The highest BCUT2D eigenvalue weighted by atomic mass is 19.4. The van der Waals surface area contributed by atoms with Crippen LogP contribution in [0.25, 0.3) is 0 Å². The predicted octanol–water partition coefficient (Wildman–Crippen LogP) is 3.17. The molecule has 0 aliphatic carbocycles. The highest BCUT2D eigenvalue weighted by molar-refractivity contribution is 6.73. The Kier molecular flexibility index (Phi) is 4.27. The van der Waals surface area contributed by atoms with Gasteiger partial charge < -0.3 is 17.7 Å². The maximum Gasteiger partial charge on any atom is 0.509 e. The average molecular weight is 231 g/mol. The van der Waals surface area contributed by atoms with Gasteiger partial charge in [-0.05, 0) is 18.1 Å². The molecule has 0 bridgehead atoms. The summed E-state index contributed by atoms with van der Waals surface area (Å²) in [6.07, 6.45) is 0.947. The summed E-state index contributed by atoms with van der Waals surface area (Å²) in [5.41, 5.74) is -0.610. The molecule has 0 radical (unpaired) electrons. The van der Waals surface area contributed by atoms with E-state index >= 15 is 0 Å². The number of hydrogen-bond acceptors (Lipinski definition) is 1. The first-order chi connectivity index (χ1) is 7.43. The van der Waals surface area contributed by atoms with Crippen molar-refractivity contribution in [2.45, 2.75) is 20.3 Å². The Bertz CT molecular complexity index is 338. The Labute approximate surface area is 93.7 Å². The lowest BCUT2D eigenvalue weighted by molar-refractivity contribution is 0.256. The SMILES string of the molecule is CCC(C)COc1cccc([B-](F)(F)F)c1. The molecule has 1 rings (SSSR count). The zero-order chi connectivity index (χ0) is 12.2. The van der Waals surface area contributed by atoms with E-state index in [9.17, 15) is 12.9 Å². The highest BCUT2D eigenvalue weighted by Crippen LogP contribution is 2.15. The third kappa shape index (κ3) is 3.79. The summed E-state index contributed by atoms with van der Waals surface area (Å²) in [5, 5.41) is 0. The molecular weight excluding hydrogens is 216 g/mol. The minimum absolute atomic E-state index is 0.289. The predicted molar refractivity (Wildman–Crippen MR) is 60.1 cm³/mol. The van der Waals surface area contributed by atoms with Crippen molar-refractivity contribution in [1.82, 2.24) is 0 Å². The van der Waals surface area contributed by atoms with Crippen LogP contribution in [0.3, 0.4) is 0 Å². The number of rotatable bonds is 5. The van der Waals surface area contributed by atoms with Crippen LogP contribution in [-0.2, 0) is 0 Å². The van der Waals surface area contributed by atoms with E-state index in [-0.39, 0.29) is 5.75 Å². The Morgan fingerprint density at radius 2 is 2.00 bits per heavy atom. The largest absolute Gasteiger partial charge is 0.509 e. The Morgan fingerprint density at radius 1 is 1.31 bits per heavy atom. The third-order valence-electron chi connectivity index (χ3n) is 2.47. The van der Waals surface area contributed by atoms with E-state index in [1.165, 1.54) is 6.07 Å². The van der Waals surface area contributed by atoms with Crippen LogP contribution in [-0.4, -0.2) is 13.6 Å². The summed E-state index contributed by atoms with van der Waals surface area (Å²) < 4.78 is 42.6. The van der Waals surface area contributed by atoms with Gasteiger partial charge in [-0.3, -0.25) is 0 Å². The zero-order valence-corrected chi connectivity index (χ0v) is 9.42. The molecule has 1 aromatic rings. The second kappa shape index (κ2) is 5.28. The van der Waals surface area contributed by atoms with E-state index in [1.54, 1.807) is 6.07 Å². The number of halogens is 3. The van der Waals surface area contributed by atoms with Gasteiger partial charge in [0.25, 0.3) is 0 Å². The van der Waals surface area contributed by atoms with Crippen molar-refractivity contribution < 1.29 is 17.7 Å². The molecule has 0 N–H and O–H groups in total. The summed E-state index contributed by atoms with van der Waals surface area (Å²) >= 11 is 0. The van der Waals surface area contributed by atoms with Crippen molar-refractivity contribution >= 4 is 12.4 Å². The zero-order valence-electron chi connectivity index (χ0n) is 9.42. The van der Waals surface area contributed by atoms with Crippen molar-refractivity contribution in [2.75, 3.05) is 6.61 Å². The van der Waals surface area contributed by atoms with Crippen LogP contribution >= 0.6 is 0 Å². The summed E-state index contributed by atoms with van der Waals surface area (Å²) in [7, 11) is 0. The molecule has 0 aliphatic rings. The van der Waals surface area contributed by atoms with E-state index in [1.807, 2.05) is 13.8 Å². The summed E-state index contributed by atoms with van der Waals surface area (Å²) in [6, 6.07) is 5.04. The monoisotopic (exact) mass is 231 g/mol. The van der Waals surface area contributed by atoms with Gasteiger partial charge in [0.05, 0.1) is 6.61 Å².